The van der Waals surface area contributed by atoms with E-state index in [0.717, 1.165) is 0 Å². The molecule has 2 unspecified atom stereocenters. The average Bonchev–Trinajstić information content (AvgIpc) is 3.26. The second-order valence-electron chi connectivity index (χ2n) is 17.4. The molecular weight excluding hydrogens is 1250 g/mol. The SMILES string of the molecule is COCCOCCOCCOCCN(CC(O)CN1CCN(CC(=O)[O-])CCN(CC(=O)[O-])CCN(CC(=O)[O-])CC1)CC(O)CN1CCN(CC(=O)[O-])CCN(CC(=O)[O-])CCN(CC(=O)[O-])CC1.[Gd+3].[Gd+3]. The van der Waals surface area contributed by atoms with E-state index in [2.05, 4.69) is 0 Å². The Labute approximate surface area is 486 Å². The van der Waals surface area contributed by atoms with Crippen LogP contribution < -0.4 is 30.6 Å². The molecule has 2 aliphatic heterocycles. The van der Waals surface area contributed by atoms with Crippen molar-refractivity contribution in [1.29, 1.82) is 0 Å². The molecule has 0 bridgehead atoms. The number of nitrogens with zero attached hydrogens (tertiary/aromatic N) is 9. The van der Waals surface area contributed by atoms with Crippen molar-refractivity contribution < 1.29 is 168 Å². The summed E-state index contributed by atoms with van der Waals surface area (Å²) in [5.74, 6) is -8.01. The van der Waals surface area contributed by atoms with Gasteiger partial charge in [-0.1, -0.05) is 0 Å². The monoisotopic (exact) mass is 1320 g/mol. The van der Waals surface area contributed by atoms with Crippen LogP contribution in [0.1, 0.15) is 0 Å². The summed E-state index contributed by atoms with van der Waals surface area (Å²) in [6.07, 6.45) is -2.11. The Bertz CT molecular complexity index is 1370. The van der Waals surface area contributed by atoms with Crippen LogP contribution in [-0.2, 0) is 47.7 Å². The summed E-state index contributed by atoms with van der Waals surface area (Å²) in [4.78, 5) is 84.6. The van der Waals surface area contributed by atoms with Gasteiger partial charge in [0, 0.05) is 184 Å². The van der Waals surface area contributed by atoms with Crippen molar-refractivity contribution in [2.75, 3.05) is 230 Å². The van der Waals surface area contributed by atoms with E-state index in [9.17, 15) is 69.6 Å². The molecule has 72 heavy (non-hydrogen) atoms. The molecule has 2 radical (unpaired) electrons. The molecule has 0 aromatic rings. The van der Waals surface area contributed by atoms with E-state index >= 15 is 0 Å². The minimum Gasteiger partial charge on any atom is -0.549 e. The second-order valence-corrected chi connectivity index (χ2v) is 17.4. The van der Waals surface area contributed by atoms with E-state index in [1.807, 2.05) is 9.80 Å². The molecule has 2 atom stereocenters. The van der Waals surface area contributed by atoms with Gasteiger partial charge in [0.15, 0.2) is 0 Å². The number of β-amino-alcohol motifs (C(OH)–C–C–N with tert-alkyl or cyclic N) is 2. The number of carbonyl (C=O) groups excluding carboxylic acids is 6. The third-order valence-electron chi connectivity index (χ3n) is 11.6. The molecule has 2 N–H and O–H groups in total. The van der Waals surface area contributed by atoms with Gasteiger partial charge in [0.1, 0.15) is 0 Å². The normalized spacial score (nSPS) is 18.8. The topological polar surface area (TPSA) is 347 Å². The maximum Gasteiger partial charge on any atom is 3.00 e. The van der Waals surface area contributed by atoms with Crippen molar-refractivity contribution in [3.8, 4) is 0 Å². The van der Waals surface area contributed by atoms with Crippen LogP contribution in [0.4, 0.5) is 0 Å². The molecule has 2 aliphatic rings. The number of methoxy groups -OCH3 is 1. The zero-order valence-corrected chi connectivity index (χ0v) is 45.9. The van der Waals surface area contributed by atoms with Crippen molar-refractivity contribution >= 4 is 35.8 Å². The summed E-state index contributed by atoms with van der Waals surface area (Å²) in [5, 5.41) is 92.9. The number of aliphatic hydroxyl groups excluding tert-OH is 2. The van der Waals surface area contributed by atoms with Crippen LogP contribution in [0.25, 0.3) is 0 Å². The van der Waals surface area contributed by atoms with Crippen molar-refractivity contribution in [3.05, 3.63) is 0 Å². The van der Waals surface area contributed by atoms with Crippen LogP contribution in [0.3, 0.4) is 0 Å². The summed E-state index contributed by atoms with van der Waals surface area (Å²) < 4.78 is 21.7. The standard InChI is InChI=1S/C43H81N9O18.2Gd/c1-67-20-21-69-24-25-70-23-22-68-19-18-52(28-36(53)26-44-2-6-46(30-38(55)56)10-14-50(34-42(63)64)15-11-47(7-3-44)31-39(57)58)29-37(54)27-45-4-8-48(32-40(59)60)12-16-51(35-43(65)66)17-13-49(9-5-45)33-41(61)62;;/h36-37,53-54H,2-35H2,1H3,(H,55,56)(H,57,58)(H,59,60)(H,61,62)(H,63,64)(H,65,66);;/q;2*+3/p-6. The van der Waals surface area contributed by atoms with E-state index in [0.29, 0.717) is 26.4 Å². The number of rotatable bonds is 32. The first-order chi connectivity index (χ1) is 33.4. The number of aliphatic carboxylic acids is 6. The summed E-state index contributed by atoms with van der Waals surface area (Å²) in [6, 6.07) is 0. The Balaban J connectivity index is 0.0000252. The van der Waals surface area contributed by atoms with Gasteiger partial charge in [-0.3, -0.25) is 44.1 Å². The molecule has 2 rings (SSSR count). The van der Waals surface area contributed by atoms with Gasteiger partial charge in [0.25, 0.3) is 0 Å². The van der Waals surface area contributed by atoms with Gasteiger partial charge in [0.2, 0.25) is 0 Å². The number of hydrogen-bond donors (Lipinski definition) is 2. The fraction of sp³-hybridized carbons (Fsp3) is 0.860. The summed E-state index contributed by atoms with van der Waals surface area (Å²) in [7, 11) is 1.57. The number of carboxylic acids is 6. The molecule has 0 spiro atoms. The quantitative estimate of drug-likeness (QED) is 0.0591. The minimum absolute atomic E-state index is 0. The Morgan fingerprint density at radius 2 is 0.597 bits per heavy atom. The first-order valence-corrected chi connectivity index (χ1v) is 23.7. The largest absolute Gasteiger partial charge is 3.00 e. The Kier molecular flexibility index (Phi) is 42.2. The van der Waals surface area contributed by atoms with Crippen LogP contribution in [0.15, 0.2) is 0 Å². The predicted octanol–water partition coefficient (Wildman–Crippen LogP) is -13.4. The molecule has 0 amide bonds. The Morgan fingerprint density at radius 1 is 0.389 bits per heavy atom. The summed E-state index contributed by atoms with van der Waals surface area (Å²) >= 11 is 0. The molecular formula is C43H75Gd2N9O18. The van der Waals surface area contributed by atoms with Crippen molar-refractivity contribution in [2.24, 2.45) is 0 Å². The smallest absolute Gasteiger partial charge is 0.549 e. The fourth-order valence-corrected chi connectivity index (χ4v) is 8.01. The van der Waals surface area contributed by atoms with Crippen molar-refractivity contribution in [3.63, 3.8) is 0 Å². The van der Waals surface area contributed by atoms with Crippen LogP contribution in [0.2, 0.25) is 0 Å². The molecule has 2 heterocycles. The first kappa shape index (κ1) is 70.9. The summed E-state index contributed by atoms with van der Waals surface area (Å²) in [6.45, 7) is 3.01. The number of hydrogen-bond acceptors (Lipinski definition) is 27. The molecule has 0 aromatic carbocycles. The zero-order chi connectivity index (χ0) is 51.7. The molecule has 0 aliphatic carbocycles. The van der Waals surface area contributed by atoms with Crippen LogP contribution in [0.5, 0.6) is 0 Å². The van der Waals surface area contributed by atoms with E-state index in [1.165, 1.54) is 9.80 Å². The maximum absolute atomic E-state index is 11.7. The van der Waals surface area contributed by atoms with E-state index in [-0.39, 0.29) is 237 Å². The van der Waals surface area contributed by atoms with Gasteiger partial charge in [-0.2, -0.15) is 0 Å². The number of carboxylic acid groups (broad SMARTS) is 6. The van der Waals surface area contributed by atoms with Gasteiger partial charge in [-0.25, -0.2) is 0 Å². The van der Waals surface area contributed by atoms with Crippen LogP contribution >= 0.6 is 0 Å². The minimum atomic E-state index is -1.34. The fourth-order valence-electron chi connectivity index (χ4n) is 8.01. The number of aliphatic hydroxyl groups is 2. The second kappa shape index (κ2) is 42.9. The van der Waals surface area contributed by atoms with Crippen molar-refractivity contribution in [1.82, 2.24) is 44.1 Å². The first-order valence-electron chi connectivity index (χ1n) is 23.7. The number of carbonyl (C=O) groups is 6. The van der Waals surface area contributed by atoms with Gasteiger partial charge in [-0.15, -0.1) is 0 Å². The molecule has 0 aromatic heterocycles. The van der Waals surface area contributed by atoms with Gasteiger partial charge in [-0.05, 0) is 0 Å². The van der Waals surface area contributed by atoms with Crippen LogP contribution in [0, 0.1) is 79.9 Å². The predicted molar refractivity (Wildman–Crippen MR) is 234 cm³/mol. The molecule has 0 saturated carbocycles. The molecule has 2 saturated heterocycles. The molecule has 27 nitrogen and oxygen atoms in total. The van der Waals surface area contributed by atoms with E-state index < -0.39 is 87.3 Å². The molecule has 416 valence electrons. The van der Waals surface area contributed by atoms with Crippen LogP contribution in [-0.4, -0.2) is 332 Å². The Hall–Kier alpha value is -1.13. The van der Waals surface area contributed by atoms with Gasteiger partial charge in [0.05, 0.1) is 94.3 Å². The van der Waals surface area contributed by atoms with Gasteiger partial charge < -0.3 is 88.6 Å². The summed E-state index contributed by atoms with van der Waals surface area (Å²) in [5.41, 5.74) is 0. The molecule has 29 heteroatoms. The average molecular weight is 1320 g/mol. The maximum atomic E-state index is 11.7. The van der Waals surface area contributed by atoms with Crippen molar-refractivity contribution in [2.45, 2.75) is 12.2 Å². The molecule has 2 fully saturated rings. The zero-order valence-electron chi connectivity index (χ0n) is 41.4. The van der Waals surface area contributed by atoms with E-state index in [4.69, 9.17) is 18.9 Å². The van der Waals surface area contributed by atoms with Gasteiger partial charge >= 0.3 is 79.9 Å². The third kappa shape index (κ3) is 37.6. The Morgan fingerprint density at radius 3 is 0.819 bits per heavy atom. The third-order valence-corrected chi connectivity index (χ3v) is 11.6. The number of ether oxygens (including phenoxy) is 4. The van der Waals surface area contributed by atoms with E-state index in [1.54, 1.807) is 31.6 Å².